The van der Waals surface area contributed by atoms with Crippen LogP contribution in [-0.2, 0) is 0 Å². The molecule has 0 radical (unpaired) electrons. The topological polar surface area (TPSA) is 32.6 Å². The summed E-state index contributed by atoms with van der Waals surface area (Å²) in [6, 6.07) is 0. The van der Waals surface area contributed by atoms with Gasteiger partial charge in [0.25, 0.3) is 0 Å². The van der Waals surface area contributed by atoms with E-state index in [1.807, 2.05) is 0 Å². The summed E-state index contributed by atoms with van der Waals surface area (Å²) in [7, 11) is 0. The summed E-state index contributed by atoms with van der Waals surface area (Å²) < 4.78 is 0. The molecule has 0 amide bonds. The van der Waals surface area contributed by atoms with Crippen molar-refractivity contribution < 1.29 is 5.21 Å². The van der Waals surface area contributed by atoms with Gasteiger partial charge in [0.05, 0.1) is 5.71 Å². The first-order valence-corrected chi connectivity index (χ1v) is 4.60. The smallest absolute Gasteiger partial charge is 0.0573 e. The van der Waals surface area contributed by atoms with Gasteiger partial charge < -0.3 is 5.21 Å². The molecule has 2 saturated carbocycles. The lowest BCUT2D eigenvalue weighted by molar-refractivity contribution is 0.298. The van der Waals surface area contributed by atoms with E-state index < -0.39 is 0 Å². The molecule has 11 heavy (non-hydrogen) atoms. The zero-order valence-corrected chi connectivity index (χ0v) is 6.79. The van der Waals surface area contributed by atoms with Crippen LogP contribution in [0, 0.1) is 11.8 Å². The van der Waals surface area contributed by atoms with Crippen LogP contribution in [0.1, 0.15) is 38.5 Å². The lowest BCUT2D eigenvalue weighted by Gasteiger charge is -2.25. The first-order chi connectivity index (χ1) is 5.40. The molecule has 0 heterocycles. The highest BCUT2D eigenvalue weighted by Crippen LogP contribution is 2.40. The Balaban J connectivity index is 2.02. The Kier molecular flexibility index (Phi) is 1.84. The van der Waals surface area contributed by atoms with Crippen molar-refractivity contribution in [2.24, 2.45) is 17.0 Å². The molecule has 2 atom stereocenters. The van der Waals surface area contributed by atoms with E-state index in [9.17, 15) is 0 Å². The van der Waals surface area contributed by atoms with Gasteiger partial charge in [-0.05, 0) is 37.5 Å². The quantitative estimate of drug-likeness (QED) is 0.420. The van der Waals surface area contributed by atoms with Crippen molar-refractivity contribution in [2.75, 3.05) is 0 Å². The molecule has 2 rings (SSSR count). The van der Waals surface area contributed by atoms with Crippen LogP contribution in [0.3, 0.4) is 0 Å². The molecular formula is C9H15NO. The number of nitrogens with zero attached hydrogens (tertiary/aromatic N) is 1. The molecular weight excluding hydrogens is 138 g/mol. The molecule has 0 aliphatic heterocycles. The second-order valence-corrected chi connectivity index (χ2v) is 3.86. The third kappa shape index (κ3) is 1.26. The second-order valence-electron chi connectivity index (χ2n) is 3.86. The second kappa shape index (κ2) is 2.84. The molecule has 0 aromatic heterocycles. The average Bonchev–Trinajstić information content (AvgIpc) is 2.50. The van der Waals surface area contributed by atoms with Crippen molar-refractivity contribution in [1.82, 2.24) is 0 Å². The van der Waals surface area contributed by atoms with Gasteiger partial charge in [0.2, 0.25) is 0 Å². The van der Waals surface area contributed by atoms with Crippen LogP contribution < -0.4 is 0 Å². The van der Waals surface area contributed by atoms with Crippen molar-refractivity contribution in [3.63, 3.8) is 0 Å². The molecule has 2 fully saturated rings. The average molecular weight is 153 g/mol. The molecule has 0 aromatic rings. The fraction of sp³-hybridized carbons (Fsp3) is 0.889. The number of oxime groups is 1. The van der Waals surface area contributed by atoms with Crippen LogP contribution in [0.4, 0.5) is 0 Å². The minimum atomic E-state index is 0.856. The van der Waals surface area contributed by atoms with Crippen molar-refractivity contribution in [1.29, 1.82) is 0 Å². The summed E-state index contributed by atoms with van der Waals surface area (Å²) in [4.78, 5) is 0. The summed E-state index contributed by atoms with van der Waals surface area (Å²) in [5.41, 5.74) is 1.04. The lowest BCUT2D eigenvalue weighted by Crippen LogP contribution is -2.20. The van der Waals surface area contributed by atoms with Gasteiger partial charge in [-0.3, -0.25) is 0 Å². The fourth-order valence-electron chi connectivity index (χ4n) is 2.61. The Hall–Kier alpha value is -0.530. The number of rotatable bonds is 0. The first kappa shape index (κ1) is 7.14. The van der Waals surface area contributed by atoms with Crippen LogP contribution in [0.5, 0.6) is 0 Å². The normalized spacial score (nSPS) is 40.9. The van der Waals surface area contributed by atoms with Crippen molar-refractivity contribution in [3.8, 4) is 0 Å². The largest absolute Gasteiger partial charge is 0.411 e. The van der Waals surface area contributed by atoms with Crippen LogP contribution >= 0.6 is 0 Å². The number of hydrogen-bond donors (Lipinski definition) is 1. The van der Waals surface area contributed by atoms with Crippen LogP contribution in [-0.4, -0.2) is 10.9 Å². The molecule has 2 heteroatoms. The van der Waals surface area contributed by atoms with Crippen LogP contribution in [0.2, 0.25) is 0 Å². The third-order valence-electron chi connectivity index (χ3n) is 3.26. The molecule has 0 saturated heterocycles. The number of fused-ring (bicyclic) bond motifs is 1. The Morgan fingerprint density at radius 1 is 1.18 bits per heavy atom. The van der Waals surface area contributed by atoms with Gasteiger partial charge in [-0.15, -0.1) is 0 Å². The van der Waals surface area contributed by atoms with Gasteiger partial charge in [-0.2, -0.15) is 0 Å². The SMILES string of the molecule is O/N=C1\CC[C@H]2CCC[C@H]2C1. The Morgan fingerprint density at radius 3 is 2.82 bits per heavy atom. The van der Waals surface area contributed by atoms with E-state index in [0.29, 0.717) is 0 Å². The highest BCUT2D eigenvalue weighted by Gasteiger charge is 2.31. The van der Waals surface area contributed by atoms with E-state index in [2.05, 4.69) is 5.16 Å². The molecule has 2 aliphatic carbocycles. The summed E-state index contributed by atoms with van der Waals surface area (Å²) >= 11 is 0. The monoisotopic (exact) mass is 153 g/mol. The Morgan fingerprint density at radius 2 is 2.00 bits per heavy atom. The Bertz CT molecular complexity index is 176. The summed E-state index contributed by atoms with van der Waals surface area (Å²) in [5, 5.41) is 11.9. The van der Waals surface area contributed by atoms with Gasteiger partial charge in [0.1, 0.15) is 0 Å². The predicted molar refractivity (Wildman–Crippen MR) is 43.9 cm³/mol. The first-order valence-electron chi connectivity index (χ1n) is 4.60. The van der Waals surface area contributed by atoms with E-state index in [4.69, 9.17) is 5.21 Å². The van der Waals surface area contributed by atoms with Gasteiger partial charge >= 0.3 is 0 Å². The maximum Gasteiger partial charge on any atom is 0.0573 e. The molecule has 62 valence electrons. The van der Waals surface area contributed by atoms with E-state index in [0.717, 1.165) is 30.4 Å². The van der Waals surface area contributed by atoms with E-state index in [1.54, 1.807) is 0 Å². The molecule has 0 bridgehead atoms. The number of hydrogen-bond acceptors (Lipinski definition) is 2. The standard InChI is InChI=1S/C9H15NO/c11-10-9-5-4-7-2-1-3-8(7)6-9/h7-8,11H,1-6H2/b10-9+/t7-,8+/m1/s1. The molecule has 0 spiro atoms. The van der Waals surface area contributed by atoms with Crippen LogP contribution in [0.15, 0.2) is 5.16 Å². The molecule has 2 aliphatic rings. The Labute approximate surface area is 67.3 Å². The summed E-state index contributed by atoms with van der Waals surface area (Å²) in [6.45, 7) is 0. The zero-order valence-electron chi connectivity index (χ0n) is 6.79. The minimum absolute atomic E-state index is 0.856. The minimum Gasteiger partial charge on any atom is -0.411 e. The molecule has 1 N–H and O–H groups in total. The van der Waals surface area contributed by atoms with Crippen LogP contribution in [0.25, 0.3) is 0 Å². The highest BCUT2D eigenvalue weighted by atomic mass is 16.4. The van der Waals surface area contributed by atoms with Crippen molar-refractivity contribution >= 4 is 5.71 Å². The molecule has 0 aromatic carbocycles. The maximum absolute atomic E-state index is 8.60. The lowest BCUT2D eigenvalue weighted by atomic mass is 9.81. The van der Waals surface area contributed by atoms with Gasteiger partial charge in [-0.1, -0.05) is 18.0 Å². The van der Waals surface area contributed by atoms with Gasteiger partial charge in [0.15, 0.2) is 0 Å². The maximum atomic E-state index is 8.60. The molecule has 2 nitrogen and oxygen atoms in total. The van der Waals surface area contributed by atoms with Crippen molar-refractivity contribution in [2.45, 2.75) is 38.5 Å². The van der Waals surface area contributed by atoms with E-state index in [-0.39, 0.29) is 0 Å². The van der Waals surface area contributed by atoms with E-state index in [1.165, 1.54) is 25.7 Å². The molecule has 0 unspecified atom stereocenters. The predicted octanol–water partition coefficient (Wildman–Crippen LogP) is 2.42. The summed E-state index contributed by atoms with van der Waals surface area (Å²) in [6.07, 6.45) is 7.56. The third-order valence-corrected chi connectivity index (χ3v) is 3.26. The zero-order chi connectivity index (χ0) is 7.68. The summed E-state index contributed by atoms with van der Waals surface area (Å²) in [5.74, 6) is 1.81. The van der Waals surface area contributed by atoms with E-state index >= 15 is 0 Å². The van der Waals surface area contributed by atoms with Gasteiger partial charge in [-0.25, -0.2) is 0 Å². The fourth-order valence-corrected chi connectivity index (χ4v) is 2.61. The van der Waals surface area contributed by atoms with Gasteiger partial charge in [0, 0.05) is 0 Å². The van der Waals surface area contributed by atoms with Crippen molar-refractivity contribution in [3.05, 3.63) is 0 Å². The highest BCUT2D eigenvalue weighted by molar-refractivity contribution is 5.84.